The predicted molar refractivity (Wildman–Crippen MR) is 80.4 cm³/mol. The lowest BCUT2D eigenvalue weighted by molar-refractivity contribution is 0.0906. The molecule has 0 aromatic heterocycles. The number of rotatable bonds is 7. The van der Waals surface area contributed by atoms with E-state index in [1.165, 1.54) is 24.3 Å². The second kappa shape index (κ2) is 7.49. The first-order chi connectivity index (χ1) is 10.5. The van der Waals surface area contributed by atoms with Crippen LogP contribution in [-0.4, -0.2) is 21.6 Å². The zero-order valence-corrected chi connectivity index (χ0v) is 13.0. The molecule has 0 N–H and O–H groups in total. The van der Waals surface area contributed by atoms with Crippen molar-refractivity contribution in [1.82, 2.24) is 0 Å². The van der Waals surface area contributed by atoms with Gasteiger partial charge in [0.2, 0.25) is 0 Å². The molecule has 2 aromatic carbocycles. The summed E-state index contributed by atoms with van der Waals surface area (Å²) in [6, 6.07) is 12.4. The molecule has 0 radical (unpaired) electrons. The Kier molecular flexibility index (Phi) is 5.65. The van der Waals surface area contributed by atoms with E-state index < -0.39 is 10.1 Å². The van der Waals surface area contributed by atoms with Crippen LogP contribution in [0.2, 0.25) is 0 Å². The topological polar surface area (TPSA) is 52.6 Å². The van der Waals surface area contributed by atoms with Crippen LogP contribution >= 0.6 is 0 Å². The minimum Gasteiger partial charge on any atom is -0.374 e. The Morgan fingerprint density at radius 1 is 1.05 bits per heavy atom. The molecule has 0 aliphatic rings. The summed E-state index contributed by atoms with van der Waals surface area (Å²) in [5.74, 6) is -0.334. The highest BCUT2D eigenvalue weighted by Crippen LogP contribution is 2.13. The highest BCUT2D eigenvalue weighted by Gasteiger charge is 2.14. The maximum Gasteiger partial charge on any atom is 0.297 e. The van der Waals surface area contributed by atoms with E-state index in [-0.39, 0.29) is 30.5 Å². The lowest BCUT2D eigenvalue weighted by Crippen LogP contribution is -2.11. The van der Waals surface area contributed by atoms with Crippen molar-refractivity contribution in [3.63, 3.8) is 0 Å². The number of hydrogen-bond donors (Lipinski definition) is 0. The summed E-state index contributed by atoms with van der Waals surface area (Å²) in [5.41, 5.74) is 1.65. The van der Waals surface area contributed by atoms with E-state index in [1.54, 1.807) is 24.3 Å². The van der Waals surface area contributed by atoms with Crippen LogP contribution < -0.4 is 0 Å². The number of ether oxygens (including phenoxy) is 1. The first-order valence-electron chi connectivity index (χ1n) is 6.76. The number of benzene rings is 2. The zero-order chi connectivity index (χ0) is 16.0. The quantitative estimate of drug-likeness (QED) is 0.580. The van der Waals surface area contributed by atoms with Crippen molar-refractivity contribution < 1.29 is 21.7 Å². The molecule has 6 heteroatoms. The molecule has 0 saturated carbocycles. The number of aryl methyl sites for hydroxylation is 1. The molecule has 0 saturated heterocycles. The van der Waals surface area contributed by atoms with E-state index in [0.29, 0.717) is 5.56 Å². The molecule has 0 amide bonds. The zero-order valence-electron chi connectivity index (χ0n) is 12.2. The molecule has 22 heavy (non-hydrogen) atoms. The smallest absolute Gasteiger partial charge is 0.297 e. The lowest BCUT2D eigenvalue weighted by atomic mass is 10.2. The van der Waals surface area contributed by atoms with Crippen LogP contribution in [0, 0.1) is 12.7 Å². The van der Waals surface area contributed by atoms with Gasteiger partial charge in [0.1, 0.15) is 5.82 Å². The van der Waals surface area contributed by atoms with E-state index in [2.05, 4.69) is 0 Å². The van der Waals surface area contributed by atoms with Crippen molar-refractivity contribution in [3.8, 4) is 0 Å². The Bertz CT molecular complexity index is 711. The largest absolute Gasteiger partial charge is 0.374 e. The average Bonchev–Trinajstić information content (AvgIpc) is 2.47. The summed E-state index contributed by atoms with van der Waals surface area (Å²) < 4.78 is 46.9. The van der Waals surface area contributed by atoms with Crippen LogP contribution in [0.5, 0.6) is 0 Å². The summed E-state index contributed by atoms with van der Waals surface area (Å²) >= 11 is 0. The summed E-state index contributed by atoms with van der Waals surface area (Å²) in [6.45, 7) is 2.08. The molecule has 0 bridgehead atoms. The molecule has 0 fully saturated rings. The van der Waals surface area contributed by atoms with Crippen molar-refractivity contribution in [2.75, 3.05) is 13.2 Å². The molecule has 0 aliphatic heterocycles. The van der Waals surface area contributed by atoms with Gasteiger partial charge in [-0.05, 0) is 36.8 Å². The molecule has 2 aromatic rings. The lowest BCUT2D eigenvalue weighted by Gasteiger charge is -2.07. The van der Waals surface area contributed by atoms with Gasteiger partial charge in [-0.25, -0.2) is 4.39 Å². The van der Waals surface area contributed by atoms with Crippen molar-refractivity contribution in [1.29, 1.82) is 0 Å². The Labute approximate surface area is 129 Å². The van der Waals surface area contributed by atoms with Crippen LogP contribution in [0.3, 0.4) is 0 Å². The predicted octanol–water partition coefficient (Wildman–Crippen LogP) is 3.06. The number of halogens is 1. The van der Waals surface area contributed by atoms with Crippen LogP contribution in [0.15, 0.2) is 53.4 Å². The van der Waals surface area contributed by atoms with Crippen LogP contribution in [0.1, 0.15) is 11.1 Å². The van der Waals surface area contributed by atoms with Gasteiger partial charge >= 0.3 is 0 Å². The molecular weight excluding hydrogens is 307 g/mol. The fraction of sp³-hybridized carbons (Fsp3) is 0.250. The van der Waals surface area contributed by atoms with Crippen LogP contribution in [-0.2, 0) is 25.6 Å². The Balaban J connectivity index is 1.77. The van der Waals surface area contributed by atoms with Crippen LogP contribution in [0.4, 0.5) is 4.39 Å². The minimum absolute atomic E-state index is 0.0917. The fourth-order valence-corrected chi connectivity index (χ4v) is 2.69. The van der Waals surface area contributed by atoms with Gasteiger partial charge in [0, 0.05) is 0 Å². The fourth-order valence-electron chi connectivity index (χ4n) is 1.79. The van der Waals surface area contributed by atoms with Crippen molar-refractivity contribution in [2.45, 2.75) is 18.4 Å². The van der Waals surface area contributed by atoms with E-state index in [9.17, 15) is 12.8 Å². The third-order valence-electron chi connectivity index (χ3n) is 2.93. The van der Waals surface area contributed by atoms with Gasteiger partial charge in [-0.15, -0.1) is 0 Å². The van der Waals surface area contributed by atoms with Gasteiger partial charge in [-0.2, -0.15) is 8.42 Å². The second-order valence-electron chi connectivity index (χ2n) is 4.77. The van der Waals surface area contributed by atoms with E-state index in [0.717, 1.165) is 5.56 Å². The summed E-state index contributed by atoms with van der Waals surface area (Å²) in [4.78, 5) is 0.114. The van der Waals surface area contributed by atoms with E-state index >= 15 is 0 Å². The van der Waals surface area contributed by atoms with Gasteiger partial charge in [0.25, 0.3) is 10.1 Å². The molecule has 0 heterocycles. The third kappa shape index (κ3) is 4.91. The normalized spacial score (nSPS) is 11.5. The average molecular weight is 324 g/mol. The molecule has 0 spiro atoms. The summed E-state index contributed by atoms with van der Waals surface area (Å²) in [6.07, 6.45) is 0. The van der Waals surface area contributed by atoms with E-state index in [1.807, 2.05) is 6.92 Å². The molecule has 0 unspecified atom stereocenters. The Morgan fingerprint density at radius 2 is 1.77 bits per heavy atom. The Morgan fingerprint density at radius 3 is 2.45 bits per heavy atom. The van der Waals surface area contributed by atoms with Crippen LogP contribution in [0.25, 0.3) is 0 Å². The molecule has 2 rings (SSSR count). The summed E-state index contributed by atoms with van der Waals surface area (Å²) in [5, 5.41) is 0. The van der Waals surface area contributed by atoms with Gasteiger partial charge in [-0.1, -0.05) is 29.8 Å². The van der Waals surface area contributed by atoms with Gasteiger partial charge < -0.3 is 4.74 Å². The number of hydrogen-bond acceptors (Lipinski definition) is 4. The van der Waals surface area contributed by atoms with Crippen molar-refractivity contribution >= 4 is 10.1 Å². The standard InChI is InChI=1S/C16H17FO4S/c1-13-5-7-16(8-6-13)22(18,19)21-10-9-20-12-14-3-2-4-15(17)11-14/h2-8,11H,9-10,12H2,1H3. The van der Waals surface area contributed by atoms with Crippen molar-refractivity contribution in [2.24, 2.45) is 0 Å². The Hall–Kier alpha value is -1.76. The third-order valence-corrected chi connectivity index (χ3v) is 4.26. The molecule has 4 nitrogen and oxygen atoms in total. The van der Waals surface area contributed by atoms with Gasteiger partial charge in [0.05, 0.1) is 24.7 Å². The molecule has 118 valence electrons. The first kappa shape index (κ1) is 16.6. The first-order valence-corrected chi connectivity index (χ1v) is 8.16. The van der Waals surface area contributed by atoms with Gasteiger partial charge in [-0.3, -0.25) is 4.18 Å². The molecular formula is C16H17FO4S. The van der Waals surface area contributed by atoms with Crippen molar-refractivity contribution in [3.05, 3.63) is 65.5 Å². The molecule has 0 atom stereocenters. The maximum atomic E-state index is 13.0. The van der Waals surface area contributed by atoms with E-state index in [4.69, 9.17) is 8.92 Å². The second-order valence-corrected chi connectivity index (χ2v) is 6.39. The highest BCUT2D eigenvalue weighted by atomic mass is 32.2. The van der Waals surface area contributed by atoms with Gasteiger partial charge in [0.15, 0.2) is 0 Å². The minimum atomic E-state index is -3.77. The summed E-state index contributed by atoms with van der Waals surface area (Å²) in [7, 11) is -3.77. The molecule has 0 aliphatic carbocycles. The SMILES string of the molecule is Cc1ccc(S(=O)(=O)OCCOCc2cccc(F)c2)cc1. The monoisotopic (exact) mass is 324 g/mol. The maximum absolute atomic E-state index is 13.0. The highest BCUT2D eigenvalue weighted by molar-refractivity contribution is 7.86.